The molecule has 0 saturated heterocycles. The van der Waals surface area contributed by atoms with Crippen LogP contribution in [0.5, 0.6) is 0 Å². The Balaban J connectivity index is 0.907. The summed E-state index contributed by atoms with van der Waals surface area (Å²) in [5, 5.41) is 9.41. The number of aromatic nitrogens is 4. The normalized spacial score (nSPS) is 13.8. The second kappa shape index (κ2) is 17.6. The molecule has 2 bridgehead atoms. The van der Waals surface area contributed by atoms with Gasteiger partial charge in [0.15, 0.2) is 17.3 Å². The van der Waals surface area contributed by atoms with Crippen molar-refractivity contribution in [2.45, 2.75) is 11.8 Å². The van der Waals surface area contributed by atoms with Gasteiger partial charge in [0.2, 0.25) is 0 Å². The maximum atomic E-state index is 9.41. The fourth-order valence-electron chi connectivity index (χ4n) is 10.6. The van der Waals surface area contributed by atoms with Gasteiger partial charge in [0.1, 0.15) is 0 Å². The molecule has 2 aromatic heterocycles. The quantitative estimate of drug-likeness (QED) is 0.142. The van der Waals surface area contributed by atoms with Crippen LogP contribution in [0.15, 0.2) is 231 Å². The highest BCUT2D eigenvalue weighted by atomic mass is 14.9. The summed E-state index contributed by atoms with van der Waals surface area (Å²) in [6.45, 7) is 7.42. The van der Waals surface area contributed by atoms with Crippen molar-refractivity contribution in [1.82, 2.24) is 19.9 Å². The van der Waals surface area contributed by atoms with Crippen molar-refractivity contribution in [3.8, 4) is 96.1 Å². The predicted molar refractivity (Wildman–Crippen MR) is 287 cm³/mol. The van der Waals surface area contributed by atoms with Gasteiger partial charge in [0.25, 0.3) is 0 Å². The summed E-state index contributed by atoms with van der Waals surface area (Å²) in [6, 6.07) is 81.9. The van der Waals surface area contributed by atoms with E-state index in [-0.39, 0.29) is 11.8 Å². The molecule has 0 N–H and O–H groups in total. The summed E-state index contributed by atoms with van der Waals surface area (Å²) in [6.07, 6.45) is 0. The van der Waals surface area contributed by atoms with Crippen LogP contribution in [0.4, 0.5) is 5.69 Å². The Morgan fingerprint density at radius 2 is 0.681 bits per heavy atom. The highest BCUT2D eigenvalue weighted by Crippen LogP contribution is 2.57. The Morgan fingerprint density at radius 1 is 0.319 bits per heavy atom. The van der Waals surface area contributed by atoms with E-state index in [2.05, 4.69) is 157 Å². The molecule has 0 saturated carbocycles. The minimum atomic E-state index is 0.0247. The molecule has 2 atom stereocenters. The molecule has 11 aromatic rings. The average molecular weight is 917 g/mol. The van der Waals surface area contributed by atoms with E-state index < -0.39 is 0 Å². The number of hydrogen-bond acceptors (Lipinski definition) is 5. The molecule has 0 radical (unpaired) electrons. The molecular formula is C66H40N6. The molecule has 0 fully saturated rings. The molecule has 2 unspecified atom stereocenters. The summed E-state index contributed by atoms with van der Waals surface area (Å²) in [5.41, 5.74) is 22.6. The molecular weight excluding hydrogens is 877 g/mol. The molecule has 3 aliphatic rings. The third-order valence-corrected chi connectivity index (χ3v) is 14.1. The minimum Gasteiger partial charge on any atom is -0.238 e. The lowest BCUT2D eigenvalue weighted by molar-refractivity contribution is 0.755. The largest absolute Gasteiger partial charge is 0.238 e. The molecule has 6 nitrogen and oxygen atoms in total. The summed E-state index contributed by atoms with van der Waals surface area (Å²) < 4.78 is 0. The van der Waals surface area contributed by atoms with Crippen molar-refractivity contribution in [1.29, 1.82) is 5.26 Å². The highest BCUT2D eigenvalue weighted by molar-refractivity contribution is 5.81. The van der Waals surface area contributed by atoms with Crippen LogP contribution in [0.3, 0.4) is 0 Å². The van der Waals surface area contributed by atoms with E-state index in [4.69, 9.17) is 26.5 Å². The molecule has 72 heavy (non-hydrogen) atoms. The lowest BCUT2D eigenvalue weighted by Crippen LogP contribution is -2.27. The van der Waals surface area contributed by atoms with Gasteiger partial charge in [-0.25, -0.2) is 24.8 Å². The van der Waals surface area contributed by atoms with Crippen LogP contribution < -0.4 is 0 Å². The van der Waals surface area contributed by atoms with Crippen molar-refractivity contribution in [2.24, 2.45) is 0 Å². The molecule has 0 aliphatic heterocycles. The fourth-order valence-corrected chi connectivity index (χ4v) is 10.6. The van der Waals surface area contributed by atoms with Crippen molar-refractivity contribution in [3.05, 3.63) is 281 Å². The van der Waals surface area contributed by atoms with Gasteiger partial charge in [-0.15, -0.1) is 0 Å². The van der Waals surface area contributed by atoms with E-state index in [0.29, 0.717) is 22.9 Å². The van der Waals surface area contributed by atoms with E-state index in [1.807, 2.05) is 84.9 Å². The molecule has 334 valence electrons. The Morgan fingerprint density at radius 3 is 1.11 bits per heavy atom. The summed E-state index contributed by atoms with van der Waals surface area (Å²) in [4.78, 5) is 24.5. The van der Waals surface area contributed by atoms with E-state index >= 15 is 0 Å². The molecule has 3 aliphatic carbocycles. The van der Waals surface area contributed by atoms with Crippen LogP contribution in [-0.4, -0.2) is 19.9 Å². The first-order chi connectivity index (χ1) is 35.5. The van der Waals surface area contributed by atoms with E-state index in [1.165, 1.54) is 33.4 Å². The van der Waals surface area contributed by atoms with Crippen LogP contribution in [0, 0.1) is 17.9 Å². The Hall–Kier alpha value is -9.88. The first-order valence-corrected chi connectivity index (χ1v) is 24.0. The van der Waals surface area contributed by atoms with E-state index in [9.17, 15) is 5.26 Å². The first kappa shape index (κ1) is 42.2. The van der Waals surface area contributed by atoms with Gasteiger partial charge in [-0.3, -0.25) is 0 Å². The van der Waals surface area contributed by atoms with Gasteiger partial charge in [-0.1, -0.05) is 182 Å². The SMILES string of the molecule is [C-]#[N+]c1ccc(-c2cccc(-c3cc(-c4ccc5c(c4)C4c6ccccc6C5c5cc(-c6cc(-c7cccc(-c8ccc(C#N)cc8)c7)nc(-c7ccccc7)n6)ccc54)nc(-c4ccccc4)n3)c2)cc1. The van der Waals surface area contributed by atoms with Crippen LogP contribution in [0.2, 0.25) is 0 Å². The Labute approximate surface area is 417 Å². The lowest BCUT2D eigenvalue weighted by atomic mass is 9.60. The second-order valence-corrected chi connectivity index (χ2v) is 18.3. The van der Waals surface area contributed by atoms with Crippen molar-refractivity contribution in [3.63, 3.8) is 0 Å². The van der Waals surface area contributed by atoms with Crippen LogP contribution in [0.1, 0.15) is 50.8 Å². The van der Waals surface area contributed by atoms with E-state index in [0.717, 1.165) is 78.4 Å². The summed E-state index contributed by atoms with van der Waals surface area (Å²) >= 11 is 0. The number of benzene rings is 9. The predicted octanol–water partition coefficient (Wildman–Crippen LogP) is 16.0. The van der Waals surface area contributed by atoms with Gasteiger partial charge in [0, 0.05) is 45.2 Å². The van der Waals surface area contributed by atoms with Crippen molar-refractivity contribution in [2.75, 3.05) is 0 Å². The fraction of sp³-hybridized carbons (Fsp3) is 0.0303. The standard InChI is InChI=1S/C66H40N6/c1-68-52-30-26-43(27-31-52)47-17-11-19-49(35-47)60-39-62(72-66(70-60)45-14-6-3-7-15-45)51-29-33-56-58(37-51)64-54-21-9-8-20-53(54)63(56)57-36-50(28-32-55(57)64)61-38-59(69-65(71-61)44-12-4-2-5-13-44)48-18-10-16-46(34-48)42-24-22-41(40-67)23-25-42/h2-39,63-64H. The van der Waals surface area contributed by atoms with Gasteiger partial charge < -0.3 is 0 Å². The zero-order valence-corrected chi connectivity index (χ0v) is 38.8. The number of hydrogen-bond donors (Lipinski definition) is 0. The van der Waals surface area contributed by atoms with Gasteiger partial charge >= 0.3 is 0 Å². The van der Waals surface area contributed by atoms with Crippen LogP contribution in [0.25, 0.3) is 94.9 Å². The summed E-state index contributed by atoms with van der Waals surface area (Å²) in [5.74, 6) is 1.38. The molecule has 2 heterocycles. The number of rotatable bonds is 8. The van der Waals surface area contributed by atoms with Gasteiger partial charge in [-0.2, -0.15) is 5.26 Å². The van der Waals surface area contributed by atoms with E-state index in [1.54, 1.807) is 0 Å². The molecule has 14 rings (SSSR count). The molecule has 9 aromatic carbocycles. The second-order valence-electron chi connectivity index (χ2n) is 18.3. The third-order valence-electron chi connectivity index (χ3n) is 14.1. The topological polar surface area (TPSA) is 79.7 Å². The summed E-state index contributed by atoms with van der Waals surface area (Å²) in [7, 11) is 0. The number of nitrogens with zero attached hydrogens (tertiary/aromatic N) is 6. The lowest BCUT2D eigenvalue weighted by Gasteiger charge is -2.42. The smallest absolute Gasteiger partial charge is 0.187 e. The zero-order chi connectivity index (χ0) is 48.1. The third kappa shape index (κ3) is 7.52. The molecule has 0 spiro atoms. The molecule has 0 amide bonds. The minimum absolute atomic E-state index is 0.0247. The zero-order valence-electron chi connectivity index (χ0n) is 38.8. The molecule has 6 heteroatoms. The van der Waals surface area contributed by atoms with Crippen LogP contribution >= 0.6 is 0 Å². The van der Waals surface area contributed by atoms with Gasteiger partial charge in [0.05, 0.1) is 41.0 Å². The Bertz CT molecular complexity index is 3740. The van der Waals surface area contributed by atoms with Crippen LogP contribution in [-0.2, 0) is 0 Å². The monoisotopic (exact) mass is 916 g/mol. The number of nitriles is 1. The van der Waals surface area contributed by atoms with Crippen molar-refractivity contribution >= 4 is 5.69 Å². The maximum absolute atomic E-state index is 9.41. The first-order valence-electron chi connectivity index (χ1n) is 24.0. The van der Waals surface area contributed by atoms with Gasteiger partial charge in [-0.05, 0) is 104 Å². The highest BCUT2D eigenvalue weighted by Gasteiger charge is 2.41. The maximum Gasteiger partial charge on any atom is 0.187 e. The average Bonchev–Trinajstić information content (AvgIpc) is 3.47. The van der Waals surface area contributed by atoms with Crippen molar-refractivity contribution < 1.29 is 0 Å². The Kier molecular flexibility index (Phi) is 10.3.